The van der Waals surface area contributed by atoms with Crippen LogP contribution in [0.4, 0.5) is 4.39 Å². The van der Waals surface area contributed by atoms with Crippen LogP contribution in [0.2, 0.25) is 0 Å². The monoisotopic (exact) mass is 235 g/mol. The minimum atomic E-state index is -0.136. The number of halogens is 1. The first kappa shape index (κ1) is 12.6. The smallest absolute Gasteiger partial charge is 0.123 e. The minimum absolute atomic E-state index is 0.136. The maximum Gasteiger partial charge on any atom is 0.123 e. The molecular weight excluding hydrogens is 213 g/mol. The van der Waals surface area contributed by atoms with E-state index in [0.29, 0.717) is 0 Å². The van der Waals surface area contributed by atoms with Crippen LogP contribution in [0.5, 0.6) is 0 Å². The van der Waals surface area contributed by atoms with E-state index in [9.17, 15) is 4.39 Å². The van der Waals surface area contributed by atoms with Gasteiger partial charge in [0.25, 0.3) is 0 Å². The van der Waals surface area contributed by atoms with Crippen LogP contribution in [-0.4, -0.2) is 13.1 Å². The Bertz CT molecular complexity index is 338. The van der Waals surface area contributed by atoms with Gasteiger partial charge in [-0.15, -0.1) is 0 Å². The van der Waals surface area contributed by atoms with Gasteiger partial charge in [0.1, 0.15) is 5.82 Å². The van der Waals surface area contributed by atoms with Crippen molar-refractivity contribution < 1.29 is 4.39 Å². The maximum absolute atomic E-state index is 13.0. The average Bonchev–Trinajstić information content (AvgIpc) is 2.80. The van der Waals surface area contributed by atoms with Crippen molar-refractivity contribution in [3.8, 4) is 0 Å². The maximum atomic E-state index is 13.0. The molecule has 1 heterocycles. The number of hydrogen-bond donors (Lipinski definition) is 1. The van der Waals surface area contributed by atoms with E-state index in [1.807, 2.05) is 12.1 Å². The van der Waals surface area contributed by atoms with E-state index in [1.165, 1.54) is 37.7 Å². The second kappa shape index (κ2) is 5.63. The Balaban J connectivity index is 2.12. The first-order valence-electron chi connectivity index (χ1n) is 6.74. The molecule has 1 fully saturated rings. The van der Waals surface area contributed by atoms with Crippen LogP contribution in [0.3, 0.4) is 0 Å². The van der Waals surface area contributed by atoms with Gasteiger partial charge >= 0.3 is 0 Å². The molecule has 0 amide bonds. The van der Waals surface area contributed by atoms with Crippen molar-refractivity contribution in [2.75, 3.05) is 13.1 Å². The highest BCUT2D eigenvalue weighted by molar-refractivity contribution is 5.28. The molecule has 94 valence electrons. The fourth-order valence-corrected chi connectivity index (χ4v) is 2.86. The fourth-order valence-electron chi connectivity index (χ4n) is 2.86. The lowest BCUT2D eigenvalue weighted by molar-refractivity contribution is 0.409. The molecule has 0 spiro atoms. The summed E-state index contributed by atoms with van der Waals surface area (Å²) in [4.78, 5) is 0. The van der Waals surface area contributed by atoms with E-state index in [4.69, 9.17) is 0 Å². The third-order valence-electron chi connectivity index (χ3n) is 3.96. The van der Waals surface area contributed by atoms with Gasteiger partial charge in [-0.1, -0.05) is 38.3 Å². The number of hydrogen-bond acceptors (Lipinski definition) is 1. The summed E-state index contributed by atoms with van der Waals surface area (Å²) in [6, 6.07) is 7.12. The Morgan fingerprint density at radius 3 is 2.59 bits per heavy atom. The van der Waals surface area contributed by atoms with Gasteiger partial charge in [0, 0.05) is 12.0 Å². The lowest BCUT2D eigenvalue weighted by atomic mass is 9.75. The van der Waals surface area contributed by atoms with Gasteiger partial charge in [0.15, 0.2) is 0 Å². The Morgan fingerprint density at radius 1 is 1.24 bits per heavy atom. The number of rotatable bonds is 5. The summed E-state index contributed by atoms with van der Waals surface area (Å²) < 4.78 is 13.0. The molecule has 1 N–H and O–H groups in total. The summed E-state index contributed by atoms with van der Waals surface area (Å²) >= 11 is 0. The largest absolute Gasteiger partial charge is 0.316 e. The highest BCUT2D eigenvalue weighted by atomic mass is 19.1. The Hall–Kier alpha value is -0.890. The third-order valence-corrected chi connectivity index (χ3v) is 3.96. The Labute approximate surface area is 103 Å². The van der Waals surface area contributed by atoms with Crippen molar-refractivity contribution in [3.63, 3.8) is 0 Å². The fraction of sp³-hybridized carbons (Fsp3) is 0.600. The summed E-state index contributed by atoms with van der Waals surface area (Å²) in [5.41, 5.74) is 1.56. The molecule has 1 aliphatic rings. The van der Waals surface area contributed by atoms with Crippen molar-refractivity contribution in [1.82, 2.24) is 5.32 Å². The van der Waals surface area contributed by atoms with Gasteiger partial charge in [0.05, 0.1) is 0 Å². The van der Waals surface area contributed by atoms with E-state index in [1.54, 1.807) is 12.1 Å². The van der Waals surface area contributed by atoms with E-state index >= 15 is 0 Å². The average molecular weight is 235 g/mol. The summed E-state index contributed by atoms with van der Waals surface area (Å²) in [5, 5.41) is 3.46. The van der Waals surface area contributed by atoms with Crippen LogP contribution < -0.4 is 5.32 Å². The number of benzene rings is 1. The second-order valence-electron chi connectivity index (χ2n) is 5.17. The lowest BCUT2D eigenvalue weighted by Crippen LogP contribution is -2.29. The molecule has 0 aliphatic carbocycles. The number of unbranched alkanes of at least 4 members (excludes halogenated alkanes) is 2. The van der Waals surface area contributed by atoms with Gasteiger partial charge in [-0.3, -0.25) is 0 Å². The summed E-state index contributed by atoms with van der Waals surface area (Å²) in [6.07, 6.45) is 6.23. The van der Waals surface area contributed by atoms with Crippen LogP contribution in [-0.2, 0) is 5.41 Å². The topological polar surface area (TPSA) is 12.0 Å². The third kappa shape index (κ3) is 2.86. The molecule has 1 aromatic rings. The first-order chi connectivity index (χ1) is 8.27. The van der Waals surface area contributed by atoms with E-state index in [0.717, 1.165) is 13.1 Å². The minimum Gasteiger partial charge on any atom is -0.316 e. The van der Waals surface area contributed by atoms with Crippen LogP contribution in [0.25, 0.3) is 0 Å². The van der Waals surface area contributed by atoms with Crippen LogP contribution >= 0.6 is 0 Å². The molecule has 0 radical (unpaired) electrons. The van der Waals surface area contributed by atoms with Gasteiger partial charge in [-0.05, 0) is 37.1 Å². The van der Waals surface area contributed by atoms with Gasteiger partial charge in [-0.25, -0.2) is 4.39 Å². The molecule has 0 aromatic heterocycles. The summed E-state index contributed by atoms with van der Waals surface area (Å²) in [7, 11) is 0. The van der Waals surface area contributed by atoms with Crippen molar-refractivity contribution in [2.45, 2.75) is 44.4 Å². The van der Waals surface area contributed by atoms with Gasteiger partial charge in [0.2, 0.25) is 0 Å². The standard InChI is InChI=1S/C15H22FN/c1-2-3-4-9-15(10-11-17-12-15)13-5-7-14(16)8-6-13/h5-8,17H,2-4,9-12H2,1H3. The van der Waals surface area contributed by atoms with Crippen LogP contribution in [0.15, 0.2) is 24.3 Å². The first-order valence-corrected chi connectivity index (χ1v) is 6.74. The molecule has 17 heavy (non-hydrogen) atoms. The molecule has 1 atom stereocenters. The normalized spacial score (nSPS) is 24.1. The zero-order chi connectivity index (χ0) is 12.1. The molecule has 1 unspecified atom stereocenters. The van der Waals surface area contributed by atoms with Crippen molar-refractivity contribution >= 4 is 0 Å². The lowest BCUT2D eigenvalue weighted by Gasteiger charge is -2.29. The van der Waals surface area contributed by atoms with Crippen molar-refractivity contribution in [2.24, 2.45) is 0 Å². The molecule has 0 saturated carbocycles. The molecular formula is C15H22FN. The molecule has 0 bridgehead atoms. The zero-order valence-corrected chi connectivity index (χ0v) is 10.6. The molecule has 2 rings (SSSR count). The van der Waals surface area contributed by atoms with Gasteiger partial charge < -0.3 is 5.32 Å². The molecule has 2 heteroatoms. The van der Waals surface area contributed by atoms with Crippen molar-refractivity contribution in [3.05, 3.63) is 35.6 Å². The highest BCUT2D eigenvalue weighted by Crippen LogP contribution is 2.36. The van der Waals surface area contributed by atoms with Crippen LogP contribution in [0.1, 0.15) is 44.6 Å². The highest BCUT2D eigenvalue weighted by Gasteiger charge is 2.34. The van der Waals surface area contributed by atoms with Crippen molar-refractivity contribution in [1.29, 1.82) is 0 Å². The van der Waals surface area contributed by atoms with Crippen LogP contribution in [0, 0.1) is 5.82 Å². The van der Waals surface area contributed by atoms with E-state index in [-0.39, 0.29) is 11.2 Å². The number of nitrogens with one attached hydrogen (secondary N) is 1. The predicted octanol–water partition coefficient (Wildman–Crippen LogP) is 3.64. The quantitative estimate of drug-likeness (QED) is 0.768. The second-order valence-corrected chi connectivity index (χ2v) is 5.17. The Morgan fingerprint density at radius 2 is 2.00 bits per heavy atom. The summed E-state index contributed by atoms with van der Waals surface area (Å²) in [5.74, 6) is -0.136. The van der Waals surface area contributed by atoms with E-state index < -0.39 is 0 Å². The summed E-state index contributed by atoms with van der Waals surface area (Å²) in [6.45, 7) is 4.36. The van der Waals surface area contributed by atoms with E-state index in [2.05, 4.69) is 12.2 Å². The molecule has 1 aromatic carbocycles. The zero-order valence-electron chi connectivity index (χ0n) is 10.6. The molecule has 1 nitrogen and oxygen atoms in total. The molecule has 1 saturated heterocycles. The SMILES string of the molecule is CCCCCC1(c2ccc(F)cc2)CCNC1. The predicted molar refractivity (Wildman–Crippen MR) is 69.7 cm³/mol. The molecule has 1 aliphatic heterocycles. The Kier molecular flexibility index (Phi) is 4.16. The van der Waals surface area contributed by atoms with Gasteiger partial charge in [-0.2, -0.15) is 0 Å².